The predicted octanol–water partition coefficient (Wildman–Crippen LogP) is 6.13. The molecule has 3 heteroatoms. The molecule has 0 aliphatic rings. The summed E-state index contributed by atoms with van der Waals surface area (Å²) in [7, 11) is 0. The van der Waals surface area contributed by atoms with Crippen molar-refractivity contribution in [3.63, 3.8) is 0 Å². The summed E-state index contributed by atoms with van der Waals surface area (Å²) in [6, 6.07) is 26.6. The van der Waals surface area contributed by atoms with Crippen LogP contribution in [-0.2, 0) is 32.9 Å². The second-order valence-electron chi connectivity index (χ2n) is 6.61. The van der Waals surface area contributed by atoms with E-state index >= 15 is 0 Å². The minimum atomic E-state index is 0. The van der Waals surface area contributed by atoms with Gasteiger partial charge in [0.05, 0.1) is 5.82 Å². The summed E-state index contributed by atoms with van der Waals surface area (Å²) >= 11 is 0. The summed E-state index contributed by atoms with van der Waals surface area (Å²) in [6.45, 7) is 4.44. The fourth-order valence-electron chi connectivity index (χ4n) is 3.62. The van der Waals surface area contributed by atoms with Crippen LogP contribution in [0.5, 0.6) is 0 Å². The molecule has 0 saturated heterocycles. The first-order valence-corrected chi connectivity index (χ1v) is 9.53. The summed E-state index contributed by atoms with van der Waals surface area (Å²) in [4.78, 5) is 4.63. The fraction of sp³-hybridized carbons (Fsp3) is 0.160. The molecule has 4 aromatic rings. The summed E-state index contributed by atoms with van der Waals surface area (Å²) < 4.78 is 2.22. The van der Waals surface area contributed by atoms with Gasteiger partial charge in [-0.25, -0.2) is 0 Å². The maximum absolute atomic E-state index is 4.63. The van der Waals surface area contributed by atoms with Gasteiger partial charge < -0.3 is 4.57 Å². The number of benzene rings is 3. The van der Waals surface area contributed by atoms with E-state index in [-0.39, 0.29) is 20.1 Å². The SMILES string of the molecule is CCc1cc(-c2ccccc2)cc(CC)c1-n1ccnc1-c1[c-]cccc1.[Ir]. The van der Waals surface area contributed by atoms with E-state index in [2.05, 4.69) is 84.2 Å². The molecule has 1 aromatic heterocycles. The van der Waals surface area contributed by atoms with Crippen LogP contribution in [-0.4, -0.2) is 9.55 Å². The maximum Gasteiger partial charge on any atom is 0.0602 e. The van der Waals surface area contributed by atoms with Crippen LogP contribution in [0.3, 0.4) is 0 Å². The molecule has 4 rings (SSSR count). The molecule has 1 heterocycles. The molecule has 143 valence electrons. The third-order valence-electron chi connectivity index (χ3n) is 4.97. The Morgan fingerprint density at radius 3 is 2.14 bits per heavy atom. The molecule has 0 fully saturated rings. The zero-order valence-electron chi connectivity index (χ0n) is 16.1. The van der Waals surface area contributed by atoms with Crippen molar-refractivity contribution in [3.8, 4) is 28.2 Å². The van der Waals surface area contributed by atoms with Crippen molar-refractivity contribution in [2.45, 2.75) is 26.7 Å². The van der Waals surface area contributed by atoms with Gasteiger partial charge in [0, 0.05) is 38.2 Å². The maximum atomic E-state index is 4.63. The third kappa shape index (κ3) is 3.87. The Morgan fingerprint density at radius 2 is 1.54 bits per heavy atom. The van der Waals surface area contributed by atoms with Crippen molar-refractivity contribution in [1.29, 1.82) is 0 Å². The van der Waals surface area contributed by atoms with Gasteiger partial charge in [-0.3, -0.25) is 4.98 Å². The van der Waals surface area contributed by atoms with E-state index in [1.807, 2.05) is 24.4 Å². The Morgan fingerprint density at radius 1 is 0.857 bits per heavy atom. The Labute approximate surface area is 180 Å². The average molecular weight is 544 g/mol. The molecular weight excluding hydrogens is 521 g/mol. The number of hydrogen-bond donors (Lipinski definition) is 0. The monoisotopic (exact) mass is 544 g/mol. The number of aryl methyl sites for hydroxylation is 2. The van der Waals surface area contributed by atoms with E-state index in [9.17, 15) is 0 Å². The van der Waals surface area contributed by atoms with E-state index in [1.165, 1.54) is 27.9 Å². The van der Waals surface area contributed by atoms with Crippen LogP contribution in [0, 0.1) is 6.07 Å². The molecule has 0 saturated carbocycles. The largest absolute Gasteiger partial charge is 0.340 e. The fourth-order valence-corrected chi connectivity index (χ4v) is 3.62. The van der Waals surface area contributed by atoms with Gasteiger partial charge in [0.1, 0.15) is 0 Å². The summed E-state index contributed by atoms with van der Waals surface area (Å²) in [5, 5.41) is 0. The second kappa shape index (κ2) is 9.14. The molecule has 0 atom stereocenters. The van der Waals surface area contributed by atoms with Gasteiger partial charge in [-0.15, -0.1) is 35.9 Å². The van der Waals surface area contributed by atoms with Gasteiger partial charge in [-0.05, 0) is 47.2 Å². The number of rotatable bonds is 5. The Hall–Kier alpha value is -2.48. The molecule has 0 N–H and O–H groups in total. The third-order valence-corrected chi connectivity index (χ3v) is 4.97. The molecule has 2 nitrogen and oxygen atoms in total. The number of imidazole rings is 1. The Kier molecular flexibility index (Phi) is 6.61. The van der Waals surface area contributed by atoms with Crippen molar-refractivity contribution in [2.75, 3.05) is 0 Å². The first-order valence-electron chi connectivity index (χ1n) is 9.53. The Balaban J connectivity index is 0.00000225. The molecule has 0 spiro atoms. The van der Waals surface area contributed by atoms with Crippen molar-refractivity contribution in [2.24, 2.45) is 0 Å². The van der Waals surface area contributed by atoms with Gasteiger partial charge in [0.2, 0.25) is 0 Å². The number of aromatic nitrogens is 2. The van der Waals surface area contributed by atoms with E-state index < -0.39 is 0 Å². The van der Waals surface area contributed by atoms with Crippen molar-refractivity contribution in [3.05, 3.63) is 96.3 Å². The summed E-state index contributed by atoms with van der Waals surface area (Å²) in [5.41, 5.74) is 7.48. The molecule has 0 aliphatic carbocycles. The van der Waals surface area contributed by atoms with E-state index in [4.69, 9.17) is 0 Å². The van der Waals surface area contributed by atoms with E-state index in [0.29, 0.717) is 0 Å². The van der Waals surface area contributed by atoms with Crippen LogP contribution in [0.2, 0.25) is 0 Å². The van der Waals surface area contributed by atoms with Crippen molar-refractivity contribution >= 4 is 0 Å². The van der Waals surface area contributed by atoms with E-state index in [0.717, 1.165) is 24.2 Å². The molecule has 3 aromatic carbocycles. The first kappa shape index (κ1) is 20.3. The van der Waals surface area contributed by atoms with Gasteiger partial charge in [-0.2, -0.15) is 0 Å². The summed E-state index contributed by atoms with van der Waals surface area (Å²) in [6.07, 6.45) is 5.88. The van der Waals surface area contributed by atoms with E-state index in [1.54, 1.807) is 0 Å². The van der Waals surface area contributed by atoms with Crippen molar-refractivity contribution < 1.29 is 20.1 Å². The standard InChI is InChI=1S/C25H23N2.Ir/c1-3-19-17-23(21-11-7-5-8-12-21)18-20(4-2)24(19)27-16-15-26-25(27)22-13-9-6-10-14-22;/h5-13,15-18H,3-4H2,1-2H3;/q-1;. The minimum Gasteiger partial charge on any atom is -0.340 e. The van der Waals surface area contributed by atoms with Crippen LogP contribution in [0.15, 0.2) is 79.1 Å². The zero-order valence-corrected chi connectivity index (χ0v) is 18.5. The molecule has 0 unspecified atom stereocenters. The second-order valence-corrected chi connectivity index (χ2v) is 6.61. The normalized spacial score (nSPS) is 10.5. The minimum absolute atomic E-state index is 0. The molecule has 28 heavy (non-hydrogen) atoms. The van der Waals surface area contributed by atoms with Gasteiger partial charge in [0.25, 0.3) is 0 Å². The quantitative estimate of drug-likeness (QED) is 0.277. The van der Waals surface area contributed by atoms with Gasteiger partial charge in [0.15, 0.2) is 0 Å². The van der Waals surface area contributed by atoms with Crippen LogP contribution < -0.4 is 0 Å². The molecule has 0 bridgehead atoms. The first-order chi connectivity index (χ1) is 13.3. The van der Waals surface area contributed by atoms with Crippen LogP contribution >= 0.6 is 0 Å². The van der Waals surface area contributed by atoms with Crippen molar-refractivity contribution in [1.82, 2.24) is 9.55 Å². The molecular formula is C25H23IrN2-. The van der Waals surface area contributed by atoms with Gasteiger partial charge >= 0.3 is 0 Å². The van der Waals surface area contributed by atoms with Crippen LogP contribution in [0.1, 0.15) is 25.0 Å². The average Bonchev–Trinajstić information content (AvgIpc) is 3.23. The predicted molar refractivity (Wildman–Crippen MR) is 112 cm³/mol. The number of nitrogens with zero attached hydrogens (tertiary/aromatic N) is 2. The Bertz CT molecular complexity index is 1010. The molecule has 1 radical (unpaired) electrons. The summed E-state index contributed by atoms with van der Waals surface area (Å²) in [5.74, 6) is 0.937. The molecule has 0 aliphatic heterocycles. The number of hydrogen-bond acceptors (Lipinski definition) is 1. The molecule has 0 amide bonds. The zero-order chi connectivity index (χ0) is 18.6. The smallest absolute Gasteiger partial charge is 0.0602 e. The topological polar surface area (TPSA) is 17.8 Å². The van der Waals surface area contributed by atoms with Crippen LogP contribution in [0.4, 0.5) is 0 Å². The van der Waals surface area contributed by atoms with Gasteiger partial charge in [-0.1, -0.05) is 44.2 Å². The van der Waals surface area contributed by atoms with Crippen LogP contribution in [0.25, 0.3) is 28.2 Å².